The molecule has 2 rings (SSSR count). The molecule has 0 saturated heterocycles. The number of aryl methyl sites for hydroxylation is 1. The second kappa shape index (κ2) is 4.20. The molecule has 3 nitrogen and oxygen atoms in total. The first-order chi connectivity index (χ1) is 8.00. The number of aromatic nitrogens is 3. The molecule has 1 N–H and O–H groups in total. The zero-order valence-electron chi connectivity index (χ0n) is 9.04. The molecule has 0 unspecified atom stereocenters. The first-order valence-corrected chi connectivity index (χ1v) is 5.08. The molecule has 0 atom stereocenters. The molecular formula is C11H10F3N3. The minimum Gasteiger partial charge on any atom is -0.343 e. The SMILES string of the molecule is CCc1ccc(-c2nc(C(F)(F)F)c[nH]2)nc1. The second-order valence-corrected chi connectivity index (χ2v) is 3.54. The van der Waals surface area contributed by atoms with Crippen LogP contribution in [0.15, 0.2) is 24.5 Å². The number of nitrogens with one attached hydrogen (secondary N) is 1. The summed E-state index contributed by atoms with van der Waals surface area (Å²) in [6.45, 7) is 1.98. The Labute approximate surface area is 95.7 Å². The van der Waals surface area contributed by atoms with E-state index in [0.29, 0.717) is 5.69 Å². The van der Waals surface area contributed by atoms with Crippen molar-refractivity contribution in [2.45, 2.75) is 19.5 Å². The lowest BCUT2D eigenvalue weighted by atomic mass is 10.2. The number of rotatable bonds is 2. The molecule has 6 heteroatoms. The zero-order valence-corrected chi connectivity index (χ0v) is 9.04. The van der Waals surface area contributed by atoms with Gasteiger partial charge in [-0.1, -0.05) is 13.0 Å². The number of imidazole rings is 1. The van der Waals surface area contributed by atoms with Gasteiger partial charge in [0.05, 0.1) is 0 Å². The summed E-state index contributed by atoms with van der Waals surface area (Å²) in [5.74, 6) is 0.125. The molecular weight excluding hydrogens is 231 g/mol. The molecule has 0 saturated carbocycles. The van der Waals surface area contributed by atoms with Crippen LogP contribution in [0.5, 0.6) is 0 Å². The molecule has 0 amide bonds. The number of halogens is 3. The van der Waals surface area contributed by atoms with Crippen LogP contribution in [0, 0.1) is 0 Å². The van der Waals surface area contributed by atoms with Crippen LogP contribution >= 0.6 is 0 Å². The molecule has 0 radical (unpaired) electrons. The Kier molecular flexibility index (Phi) is 2.87. The van der Waals surface area contributed by atoms with Crippen LogP contribution in [-0.4, -0.2) is 15.0 Å². The van der Waals surface area contributed by atoms with E-state index < -0.39 is 11.9 Å². The number of H-pyrrole nitrogens is 1. The van der Waals surface area contributed by atoms with Crippen LogP contribution < -0.4 is 0 Å². The van der Waals surface area contributed by atoms with Crippen LogP contribution in [0.25, 0.3) is 11.5 Å². The van der Waals surface area contributed by atoms with Crippen molar-refractivity contribution < 1.29 is 13.2 Å². The monoisotopic (exact) mass is 241 g/mol. The Morgan fingerprint density at radius 3 is 2.53 bits per heavy atom. The number of hydrogen-bond donors (Lipinski definition) is 1. The maximum Gasteiger partial charge on any atom is 0.434 e. The maximum absolute atomic E-state index is 12.3. The molecule has 17 heavy (non-hydrogen) atoms. The van der Waals surface area contributed by atoms with Gasteiger partial charge in [-0.05, 0) is 18.1 Å². The smallest absolute Gasteiger partial charge is 0.343 e. The van der Waals surface area contributed by atoms with Crippen molar-refractivity contribution in [1.82, 2.24) is 15.0 Å². The Bertz CT molecular complexity index is 499. The Balaban J connectivity index is 2.30. The predicted octanol–water partition coefficient (Wildman–Crippen LogP) is 3.05. The molecule has 0 aliphatic heterocycles. The number of alkyl halides is 3. The number of hydrogen-bond acceptors (Lipinski definition) is 2. The van der Waals surface area contributed by atoms with Crippen molar-refractivity contribution in [3.8, 4) is 11.5 Å². The molecule has 2 aromatic heterocycles. The van der Waals surface area contributed by atoms with Crippen LogP contribution in [-0.2, 0) is 12.6 Å². The highest BCUT2D eigenvalue weighted by Gasteiger charge is 2.33. The molecule has 2 aromatic rings. The van der Waals surface area contributed by atoms with Crippen molar-refractivity contribution >= 4 is 0 Å². The summed E-state index contributed by atoms with van der Waals surface area (Å²) in [6.07, 6.45) is -1.13. The highest BCUT2D eigenvalue weighted by molar-refractivity contribution is 5.49. The molecule has 0 bridgehead atoms. The number of pyridine rings is 1. The average molecular weight is 241 g/mol. The van der Waals surface area contributed by atoms with E-state index in [0.717, 1.165) is 18.2 Å². The van der Waals surface area contributed by atoms with E-state index in [-0.39, 0.29) is 5.82 Å². The van der Waals surface area contributed by atoms with E-state index in [1.807, 2.05) is 13.0 Å². The third-order valence-electron chi connectivity index (χ3n) is 2.34. The topological polar surface area (TPSA) is 41.6 Å². The standard InChI is InChI=1S/C11H10F3N3/c1-2-7-3-4-8(15-5-7)10-16-6-9(17-10)11(12,13)14/h3-6H,2H2,1H3,(H,16,17). The third kappa shape index (κ3) is 2.46. The lowest BCUT2D eigenvalue weighted by Gasteiger charge is -2.00. The fourth-order valence-electron chi connectivity index (χ4n) is 1.37. The van der Waals surface area contributed by atoms with Gasteiger partial charge in [-0.2, -0.15) is 13.2 Å². The van der Waals surface area contributed by atoms with Crippen LogP contribution in [0.1, 0.15) is 18.2 Å². The van der Waals surface area contributed by atoms with Gasteiger partial charge in [0, 0.05) is 12.4 Å². The highest BCUT2D eigenvalue weighted by atomic mass is 19.4. The first-order valence-electron chi connectivity index (χ1n) is 5.08. The normalized spacial score (nSPS) is 11.8. The van der Waals surface area contributed by atoms with Crippen molar-refractivity contribution in [1.29, 1.82) is 0 Å². The first kappa shape index (κ1) is 11.6. The lowest BCUT2D eigenvalue weighted by Crippen LogP contribution is -2.04. The zero-order chi connectivity index (χ0) is 12.5. The van der Waals surface area contributed by atoms with Gasteiger partial charge in [-0.15, -0.1) is 0 Å². The lowest BCUT2D eigenvalue weighted by molar-refractivity contribution is -0.140. The summed E-state index contributed by atoms with van der Waals surface area (Å²) in [4.78, 5) is 9.99. The number of nitrogens with zero attached hydrogens (tertiary/aromatic N) is 2. The van der Waals surface area contributed by atoms with Crippen LogP contribution in [0.4, 0.5) is 13.2 Å². The van der Waals surface area contributed by atoms with Gasteiger partial charge in [0.1, 0.15) is 5.69 Å². The summed E-state index contributed by atoms with van der Waals surface area (Å²) in [7, 11) is 0. The van der Waals surface area contributed by atoms with Gasteiger partial charge in [-0.3, -0.25) is 4.98 Å². The Morgan fingerprint density at radius 2 is 2.06 bits per heavy atom. The van der Waals surface area contributed by atoms with Gasteiger partial charge in [0.25, 0.3) is 0 Å². The van der Waals surface area contributed by atoms with Gasteiger partial charge in [-0.25, -0.2) is 4.98 Å². The summed E-state index contributed by atoms with van der Waals surface area (Å²) in [5, 5.41) is 0. The van der Waals surface area contributed by atoms with Crippen molar-refractivity contribution in [3.05, 3.63) is 35.8 Å². The Morgan fingerprint density at radius 1 is 1.29 bits per heavy atom. The van der Waals surface area contributed by atoms with E-state index in [9.17, 15) is 13.2 Å². The van der Waals surface area contributed by atoms with E-state index in [1.54, 1.807) is 12.3 Å². The largest absolute Gasteiger partial charge is 0.434 e. The maximum atomic E-state index is 12.3. The molecule has 0 aliphatic rings. The second-order valence-electron chi connectivity index (χ2n) is 3.54. The fourth-order valence-corrected chi connectivity index (χ4v) is 1.37. The summed E-state index contributed by atoms with van der Waals surface area (Å²) < 4.78 is 37.0. The van der Waals surface area contributed by atoms with Gasteiger partial charge < -0.3 is 4.98 Å². The molecule has 0 spiro atoms. The third-order valence-corrected chi connectivity index (χ3v) is 2.34. The van der Waals surface area contributed by atoms with Crippen molar-refractivity contribution in [2.24, 2.45) is 0 Å². The molecule has 2 heterocycles. The average Bonchev–Trinajstić information content (AvgIpc) is 2.78. The summed E-state index contributed by atoms with van der Waals surface area (Å²) >= 11 is 0. The summed E-state index contributed by atoms with van der Waals surface area (Å²) in [6, 6.07) is 3.47. The van der Waals surface area contributed by atoms with E-state index in [2.05, 4.69) is 15.0 Å². The minimum atomic E-state index is -4.43. The van der Waals surface area contributed by atoms with Crippen LogP contribution in [0.2, 0.25) is 0 Å². The molecule has 90 valence electrons. The molecule has 0 aromatic carbocycles. The van der Waals surface area contributed by atoms with Gasteiger partial charge in [0.2, 0.25) is 0 Å². The number of aromatic amines is 1. The van der Waals surface area contributed by atoms with Crippen LogP contribution in [0.3, 0.4) is 0 Å². The van der Waals surface area contributed by atoms with E-state index in [1.165, 1.54) is 0 Å². The fraction of sp³-hybridized carbons (Fsp3) is 0.273. The quantitative estimate of drug-likeness (QED) is 0.877. The van der Waals surface area contributed by atoms with E-state index in [4.69, 9.17) is 0 Å². The molecule has 0 aliphatic carbocycles. The van der Waals surface area contributed by atoms with Gasteiger partial charge >= 0.3 is 6.18 Å². The van der Waals surface area contributed by atoms with Crippen molar-refractivity contribution in [2.75, 3.05) is 0 Å². The van der Waals surface area contributed by atoms with Crippen molar-refractivity contribution in [3.63, 3.8) is 0 Å². The summed E-state index contributed by atoms with van der Waals surface area (Å²) in [5.41, 5.74) is 0.489. The Hall–Kier alpha value is -1.85. The van der Waals surface area contributed by atoms with Gasteiger partial charge in [0.15, 0.2) is 11.5 Å². The molecule has 0 fully saturated rings. The minimum absolute atomic E-state index is 0.125. The highest BCUT2D eigenvalue weighted by Crippen LogP contribution is 2.28. The predicted molar refractivity (Wildman–Crippen MR) is 56.2 cm³/mol. The van der Waals surface area contributed by atoms with E-state index >= 15 is 0 Å².